The number of aliphatic hydroxyl groups is 1. The number of unbranched alkanes of at least 4 members (excludes halogenated alkanes) is 2. The number of nitrogens with zero attached hydrogens (tertiary/aromatic N) is 3. The smallest absolute Gasteiger partial charge is 0.300 e. The number of benzene rings is 2. The highest BCUT2D eigenvalue weighted by molar-refractivity contribution is 6.51. The summed E-state index contributed by atoms with van der Waals surface area (Å²) >= 11 is 0. The van der Waals surface area contributed by atoms with E-state index in [1.807, 2.05) is 31.1 Å². The number of amides is 1. The molecule has 0 radical (unpaired) electrons. The van der Waals surface area contributed by atoms with Crippen molar-refractivity contribution in [2.45, 2.75) is 32.2 Å². The Morgan fingerprint density at radius 1 is 1.03 bits per heavy atom. The normalized spacial score (nSPS) is 16.9. The van der Waals surface area contributed by atoms with E-state index >= 15 is 0 Å². The van der Waals surface area contributed by atoms with Crippen molar-refractivity contribution in [2.24, 2.45) is 0 Å². The molecule has 2 heterocycles. The molecule has 1 N–H and O–H groups in total. The van der Waals surface area contributed by atoms with Gasteiger partial charge < -0.3 is 14.7 Å². The first-order valence-electron chi connectivity index (χ1n) is 12.1. The molecular weight excluding hydrogens is 454 g/mol. The zero-order valence-corrected chi connectivity index (χ0v) is 20.8. The minimum atomic E-state index is -0.811. The lowest BCUT2D eigenvalue weighted by atomic mass is 9.96. The standard InChI is InChI=1S/C29H31N3O4/c1-4-5-6-18-36-24-15-9-20(10-16-24)27(33)25-26(21-8-7-17-30-19-21)32(29(35)28(25)34)23-13-11-22(12-14-23)31(2)3/h7-17,19,26,33H,4-6,18H2,1-3H3/b27-25+. The van der Waals surface area contributed by atoms with E-state index in [-0.39, 0.29) is 11.3 Å². The molecule has 1 unspecified atom stereocenters. The van der Waals surface area contributed by atoms with Crippen LogP contribution in [0.2, 0.25) is 0 Å². The first-order valence-corrected chi connectivity index (χ1v) is 12.1. The second kappa shape index (κ2) is 11.1. The Balaban J connectivity index is 1.73. The van der Waals surface area contributed by atoms with Gasteiger partial charge in [0, 0.05) is 43.4 Å². The maximum Gasteiger partial charge on any atom is 0.300 e. The lowest BCUT2D eigenvalue weighted by molar-refractivity contribution is -0.132. The fraction of sp³-hybridized carbons (Fsp3) is 0.276. The third-order valence-electron chi connectivity index (χ3n) is 6.23. The lowest BCUT2D eigenvalue weighted by Crippen LogP contribution is -2.29. The molecule has 1 aliphatic rings. The van der Waals surface area contributed by atoms with Gasteiger partial charge in [-0.2, -0.15) is 0 Å². The summed E-state index contributed by atoms with van der Waals surface area (Å²) < 4.78 is 5.76. The number of carbonyl (C=O) groups is 2. The minimum absolute atomic E-state index is 0.0290. The third-order valence-corrected chi connectivity index (χ3v) is 6.23. The molecule has 4 rings (SSSR count). The highest BCUT2D eigenvalue weighted by atomic mass is 16.5. The molecule has 0 saturated carbocycles. The summed E-state index contributed by atoms with van der Waals surface area (Å²) in [7, 11) is 3.86. The van der Waals surface area contributed by atoms with Crippen LogP contribution < -0.4 is 14.5 Å². The van der Waals surface area contributed by atoms with E-state index in [0.29, 0.717) is 29.2 Å². The van der Waals surface area contributed by atoms with Crippen LogP contribution in [0.3, 0.4) is 0 Å². The Bertz CT molecular complexity index is 1240. The number of ketones is 1. The van der Waals surface area contributed by atoms with Gasteiger partial charge in [0.05, 0.1) is 18.2 Å². The zero-order valence-electron chi connectivity index (χ0n) is 20.8. The van der Waals surface area contributed by atoms with Gasteiger partial charge in [-0.1, -0.05) is 25.8 Å². The van der Waals surface area contributed by atoms with E-state index in [1.54, 1.807) is 60.9 Å². The highest BCUT2D eigenvalue weighted by Gasteiger charge is 2.47. The van der Waals surface area contributed by atoms with Gasteiger partial charge >= 0.3 is 0 Å². The van der Waals surface area contributed by atoms with Gasteiger partial charge in [0.15, 0.2) is 0 Å². The average Bonchev–Trinajstić information content (AvgIpc) is 3.17. The van der Waals surface area contributed by atoms with Gasteiger partial charge in [-0.3, -0.25) is 19.5 Å². The van der Waals surface area contributed by atoms with E-state index in [9.17, 15) is 14.7 Å². The van der Waals surface area contributed by atoms with Crippen LogP contribution in [0.15, 0.2) is 78.6 Å². The van der Waals surface area contributed by atoms with Crippen molar-refractivity contribution in [3.05, 3.63) is 89.8 Å². The van der Waals surface area contributed by atoms with Crippen molar-refractivity contribution in [3.8, 4) is 5.75 Å². The Morgan fingerprint density at radius 3 is 2.36 bits per heavy atom. The van der Waals surface area contributed by atoms with Gasteiger partial charge in [0.2, 0.25) is 0 Å². The summed E-state index contributed by atoms with van der Waals surface area (Å²) in [6.07, 6.45) is 6.43. The van der Waals surface area contributed by atoms with E-state index in [4.69, 9.17) is 4.74 Å². The predicted octanol–water partition coefficient (Wildman–Crippen LogP) is 5.34. The Hall–Kier alpha value is -4.13. The number of anilines is 2. The van der Waals surface area contributed by atoms with Gasteiger partial charge in [-0.15, -0.1) is 0 Å². The van der Waals surface area contributed by atoms with E-state index in [2.05, 4.69) is 11.9 Å². The van der Waals surface area contributed by atoms with Crippen molar-refractivity contribution in [2.75, 3.05) is 30.5 Å². The van der Waals surface area contributed by atoms with Crippen molar-refractivity contribution in [3.63, 3.8) is 0 Å². The van der Waals surface area contributed by atoms with Crippen LogP contribution in [0.25, 0.3) is 5.76 Å². The summed E-state index contributed by atoms with van der Waals surface area (Å²) in [4.78, 5) is 34.1. The topological polar surface area (TPSA) is 83.0 Å². The number of carbonyl (C=O) groups excluding carboxylic acids is 2. The van der Waals surface area contributed by atoms with Crippen molar-refractivity contribution >= 4 is 28.8 Å². The number of pyridine rings is 1. The molecule has 1 aliphatic heterocycles. The number of rotatable bonds is 9. The largest absolute Gasteiger partial charge is 0.507 e. The maximum absolute atomic E-state index is 13.3. The van der Waals surface area contributed by atoms with Gasteiger partial charge in [-0.05, 0) is 66.6 Å². The van der Waals surface area contributed by atoms with Crippen LogP contribution in [0.4, 0.5) is 11.4 Å². The molecule has 0 spiro atoms. The monoisotopic (exact) mass is 485 g/mol. The maximum atomic E-state index is 13.3. The third kappa shape index (κ3) is 5.10. The van der Waals surface area contributed by atoms with Gasteiger partial charge in [0.25, 0.3) is 11.7 Å². The van der Waals surface area contributed by atoms with Crippen LogP contribution >= 0.6 is 0 Å². The summed E-state index contributed by atoms with van der Waals surface area (Å²) in [5.74, 6) is -0.975. The zero-order chi connectivity index (χ0) is 25.7. The summed E-state index contributed by atoms with van der Waals surface area (Å²) in [6.45, 7) is 2.76. The van der Waals surface area contributed by atoms with E-state index in [0.717, 1.165) is 24.9 Å². The van der Waals surface area contributed by atoms with Crippen LogP contribution in [0, 0.1) is 0 Å². The first-order chi connectivity index (χ1) is 17.4. The number of hydrogen-bond acceptors (Lipinski definition) is 6. The Morgan fingerprint density at radius 2 is 1.75 bits per heavy atom. The average molecular weight is 486 g/mol. The summed E-state index contributed by atoms with van der Waals surface area (Å²) in [5.41, 5.74) is 2.62. The molecule has 1 amide bonds. The van der Waals surface area contributed by atoms with E-state index < -0.39 is 17.7 Å². The SMILES string of the molecule is CCCCCOc1ccc(/C(O)=C2\C(=O)C(=O)N(c3ccc(N(C)C)cc3)C2c2cccnc2)cc1. The second-order valence-electron chi connectivity index (χ2n) is 8.95. The number of aromatic nitrogens is 1. The summed E-state index contributed by atoms with van der Waals surface area (Å²) in [6, 6.07) is 17.0. The number of aliphatic hydroxyl groups excluding tert-OH is 1. The molecular formula is C29H31N3O4. The molecule has 1 fully saturated rings. The van der Waals surface area contributed by atoms with Crippen molar-refractivity contribution < 1.29 is 19.4 Å². The first kappa shape index (κ1) is 25.0. The second-order valence-corrected chi connectivity index (χ2v) is 8.95. The quantitative estimate of drug-likeness (QED) is 0.191. The fourth-order valence-electron chi connectivity index (χ4n) is 4.27. The van der Waals surface area contributed by atoms with Gasteiger partial charge in [0.1, 0.15) is 11.5 Å². The highest BCUT2D eigenvalue weighted by Crippen LogP contribution is 2.42. The summed E-state index contributed by atoms with van der Waals surface area (Å²) in [5, 5.41) is 11.3. The van der Waals surface area contributed by atoms with Crippen LogP contribution in [-0.4, -0.2) is 42.5 Å². The fourth-order valence-corrected chi connectivity index (χ4v) is 4.27. The molecule has 2 aromatic carbocycles. The molecule has 1 atom stereocenters. The van der Waals surface area contributed by atoms with Gasteiger partial charge in [-0.25, -0.2) is 0 Å². The molecule has 0 aliphatic carbocycles. The van der Waals surface area contributed by atoms with Crippen LogP contribution in [0.1, 0.15) is 43.4 Å². The molecule has 0 bridgehead atoms. The number of hydrogen-bond donors (Lipinski definition) is 1. The predicted molar refractivity (Wildman–Crippen MR) is 141 cm³/mol. The molecule has 1 aromatic heterocycles. The molecule has 1 saturated heterocycles. The Kier molecular flexibility index (Phi) is 7.68. The van der Waals surface area contributed by atoms with Crippen LogP contribution in [-0.2, 0) is 9.59 Å². The molecule has 186 valence electrons. The molecule has 3 aromatic rings. The lowest BCUT2D eigenvalue weighted by Gasteiger charge is -2.25. The molecule has 7 heteroatoms. The molecule has 7 nitrogen and oxygen atoms in total. The molecule has 36 heavy (non-hydrogen) atoms. The van der Waals surface area contributed by atoms with Crippen molar-refractivity contribution in [1.82, 2.24) is 4.98 Å². The van der Waals surface area contributed by atoms with Crippen molar-refractivity contribution in [1.29, 1.82) is 0 Å². The van der Waals surface area contributed by atoms with Crippen LogP contribution in [0.5, 0.6) is 5.75 Å². The number of Topliss-reactive ketones (excluding diaryl/α,β-unsaturated/α-hetero) is 1. The number of ether oxygens (including phenoxy) is 1. The minimum Gasteiger partial charge on any atom is -0.507 e. The Labute approximate surface area is 211 Å². The van der Waals surface area contributed by atoms with E-state index in [1.165, 1.54) is 4.90 Å².